The van der Waals surface area contributed by atoms with Gasteiger partial charge in [0.05, 0.1) is 0 Å². The number of hydrogen-bond acceptors (Lipinski definition) is 3. The Bertz CT molecular complexity index is 198. The number of nitrogens with zero attached hydrogens (tertiary/aromatic N) is 2. The van der Waals surface area contributed by atoms with E-state index < -0.39 is 0 Å². The first kappa shape index (κ1) is 13.9. The number of likely N-dealkylation sites (tertiary alicyclic amines) is 1. The van der Waals surface area contributed by atoms with E-state index in [1.54, 1.807) is 0 Å². The lowest BCUT2D eigenvalue weighted by Gasteiger charge is -2.24. The zero-order chi connectivity index (χ0) is 12.2. The summed E-state index contributed by atoms with van der Waals surface area (Å²) in [5.41, 5.74) is 5.96. The van der Waals surface area contributed by atoms with Crippen LogP contribution in [0.3, 0.4) is 0 Å². The highest BCUT2D eigenvalue weighted by atomic mass is 15.1. The van der Waals surface area contributed by atoms with Gasteiger partial charge in [0.25, 0.3) is 0 Å². The third-order valence-corrected chi connectivity index (χ3v) is 3.55. The van der Waals surface area contributed by atoms with E-state index in [9.17, 15) is 0 Å². The minimum absolute atomic E-state index is 0.0260. The minimum atomic E-state index is -0.0260. The van der Waals surface area contributed by atoms with Crippen LogP contribution in [0.25, 0.3) is 0 Å². The molecule has 1 saturated heterocycles. The van der Waals surface area contributed by atoms with E-state index in [4.69, 9.17) is 5.73 Å². The van der Waals surface area contributed by atoms with Crippen LogP contribution in [0.15, 0.2) is 0 Å². The van der Waals surface area contributed by atoms with Gasteiger partial charge in [0, 0.05) is 12.1 Å². The third kappa shape index (κ3) is 5.83. The van der Waals surface area contributed by atoms with Crippen LogP contribution in [0.2, 0.25) is 0 Å². The highest BCUT2D eigenvalue weighted by Crippen LogP contribution is 2.18. The molecule has 1 rings (SSSR count). The molecule has 3 nitrogen and oxygen atoms in total. The maximum absolute atomic E-state index is 5.99. The molecule has 96 valence electrons. The van der Waals surface area contributed by atoms with Gasteiger partial charge in [-0.2, -0.15) is 0 Å². The van der Waals surface area contributed by atoms with Crippen molar-refractivity contribution in [2.45, 2.75) is 38.6 Å². The van der Waals surface area contributed by atoms with Gasteiger partial charge >= 0.3 is 0 Å². The molecule has 0 bridgehead atoms. The molecule has 1 aliphatic rings. The summed E-state index contributed by atoms with van der Waals surface area (Å²) in [6.45, 7) is 9.11. The number of nitrogens with two attached hydrogens (primary N) is 1. The number of rotatable bonds is 6. The normalized spacial score (nSPS) is 23.2. The fourth-order valence-corrected chi connectivity index (χ4v) is 2.26. The first-order valence-corrected chi connectivity index (χ1v) is 6.53. The topological polar surface area (TPSA) is 32.5 Å². The van der Waals surface area contributed by atoms with E-state index in [0.717, 1.165) is 18.9 Å². The second-order valence-corrected chi connectivity index (χ2v) is 6.25. The summed E-state index contributed by atoms with van der Waals surface area (Å²) in [5, 5.41) is 0. The van der Waals surface area contributed by atoms with E-state index in [1.807, 2.05) is 0 Å². The maximum atomic E-state index is 5.99. The Labute approximate surface area is 101 Å². The van der Waals surface area contributed by atoms with Crippen LogP contribution in [0.1, 0.15) is 33.1 Å². The smallest absolute Gasteiger partial charge is 0.0109 e. The monoisotopic (exact) mass is 227 g/mol. The average Bonchev–Trinajstić information content (AvgIpc) is 2.57. The van der Waals surface area contributed by atoms with Gasteiger partial charge in [-0.25, -0.2) is 0 Å². The standard InChI is InChI=1S/C13H29N3/c1-13(2,14)7-10-15(3)8-5-12-6-9-16(4)11-12/h12H,5-11,14H2,1-4H3. The summed E-state index contributed by atoms with van der Waals surface area (Å²) >= 11 is 0. The highest BCUT2D eigenvalue weighted by Gasteiger charge is 2.19. The first-order valence-electron chi connectivity index (χ1n) is 6.53. The highest BCUT2D eigenvalue weighted by molar-refractivity contribution is 4.76. The molecule has 0 aliphatic carbocycles. The summed E-state index contributed by atoms with van der Waals surface area (Å²) in [7, 11) is 4.44. The van der Waals surface area contributed by atoms with Crippen LogP contribution in [-0.4, -0.2) is 55.6 Å². The third-order valence-electron chi connectivity index (χ3n) is 3.55. The van der Waals surface area contributed by atoms with Gasteiger partial charge < -0.3 is 15.5 Å². The van der Waals surface area contributed by atoms with Crippen LogP contribution in [0.4, 0.5) is 0 Å². The summed E-state index contributed by atoms with van der Waals surface area (Å²) < 4.78 is 0. The Morgan fingerprint density at radius 3 is 2.56 bits per heavy atom. The molecule has 2 N–H and O–H groups in total. The quantitative estimate of drug-likeness (QED) is 0.744. The fraction of sp³-hybridized carbons (Fsp3) is 1.00. The van der Waals surface area contributed by atoms with E-state index in [-0.39, 0.29) is 5.54 Å². The van der Waals surface area contributed by atoms with Crippen LogP contribution >= 0.6 is 0 Å². The molecule has 0 aromatic heterocycles. The van der Waals surface area contributed by atoms with Gasteiger partial charge in [-0.1, -0.05) is 0 Å². The predicted octanol–water partition coefficient (Wildman–Crippen LogP) is 1.39. The zero-order valence-electron chi connectivity index (χ0n) is 11.5. The molecule has 0 aromatic rings. The van der Waals surface area contributed by atoms with E-state index >= 15 is 0 Å². The molecular formula is C13H29N3. The van der Waals surface area contributed by atoms with Gasteiger partial charge in [-0.05, 0) is 72.8 Å². The molecule has 1 atom stereocenters. The molecule has 1 unspecified atom stereocenters. The van der Waals surface area contributed by atoms with Crippen molar-refractivity contribution in [3.63, 3.8) is 0 Å². The Hall–Kier alpha value is -0.120. The van der Waals surface area contributed by atoms with Crippen molar-refractivity contribution >= 4 is 0 Å². The van der Waals surface area contributed by atoms with Gasteiger partial charge in [-0.15, -0.1) is 0 Å². The van der Waals surface area contributed by atoms with Crippen LogP contribution in [0, 0.1) is 5.92 Å². The van der Waals surface area contributed by atoms with E-state index in [1.165, 1.54) is 32.5 Å². The Morgan fingerprint density at radius 1 is 1.38 bits per heavy atom. The van der Waals surface area contributed by atoms with Crippen LogP contribution in [0.5, 0.6) is 0 Å². The summed E-state index contributed by atoms with van der Waals surface area (Å²) in [5.74, 6) is 0.915. The van der Waals surface area contributed by atoms with Crippen molar-refractivity contribution < 1.29 is 0 Å². The Kier molecular flexibility index (Phi) is 5.22. The lowest BCUT2D eigenvalue weighted by molar-refractivity contribution is 0.271. The largest absolute Gasteiger partial charge is 0.326 e. The molecule has 1 heterocycles. The molecular weight excluding hydrogens is 198 g/mol. The zero-order valence-corrected chi connectivity index (χ0v) is 11.5. The van der Waals surface area contributed by atoms with Crippen molar-refractivity contribution in [3.05, 3.63) is 0 Å². The van der Waals surface area contributed by atoms with E-state index in [0.29, 0.717) is 0 Å². The van der Waals surface area contributed by atoms with Crippen LogP contribution in [-0.2, 0) is 0 Å². The summed E-state index contributed by atoms with van der Waals surface area (Å²) in [6.07, 6.45) is 3.80. The Balaban J connectivity index is 2.08. The van der Waals surface area contributed by atoms with Crippen molar-refractivity contribution in [2.24, 2.45) is 11.7 Å². The molecule has 1 aliphatic heterocycles. The lowest BCUT2D eigenvalue weighted by Crippen LogP contribution is -2.36. The van der Waals surface area contributed by atoms with Crippen molar-refractivity contribution in [2.75, 3.05) is 40.3 Å². The number of hydrogen-bond donors (Lipinski definition) is 1. The fourth-order valence-electron chi connectivity index (χ4n) is 2.26. The van der Waals surface area contributed by atoms with Gasteiger partial charge in [-0.3, -0.25) is 0 Å². The lowest BCUT2D eigenvalue weighted by atomic mass is 10.0. The molecule has 3 heteroatoms. The van der Waals surface area contributed by atoms with Gasteiger partial charge in [0.15, 0.2) is 0 Å². The van der Waals surface area contributed by atoms with Crippen LogP contribution < -0.4 is 5.73 Å². The van der Waals surface area contributed by atoms with Gasteiger partial charge in [0.2, 0.25) is 0 Å². The van der Waals surface area contributed by atoms with Crippen molar-refractivity contribution in [1.29, 1.82) is 0 Å². The van der Waals surface area contributed by atoms with Crippen molar-refractivity contribution in [3.8, 4) is 0 Å². The SMILES string of the molecule is CN(CCC1CCN(C)C1)CCC(C)(C)N. The molecule has 1 fully saturated rings. The summed E-state index contributed by atoms with van der Waals surface area (Å²) in [4.78, 5) is 4.86. The second kappa shape index (κ2) is 5.99. The maximum Gasteiger partial charge on any atom is 0.0109 e. The minimum Gasteiger partial charge on any atom is -0.326 e. The first-order chi connectivity index (χ1) is 7.37. The molecule has 0 saturated carbocycles. The molecule has 0 radical (unpaired) electrons. The molecule has 0 spiro atoms. The predicted molar refractivity (Wildman–Crippen MR) is 70.6 cm³/mol. The molecule has 16 heavy (non-hydrogen) atoms. The van der Waals surface area contributed by atoms with Crippen molar-refractivity contribution in [1.82, 2.24) is 9.80 Å². The van der Waals surface area contributed by atoms with Gasteiger partial charge in [0.1, 0.15) is 0 Å². The molecule has 0 amide bonds. The molecule has 0 aromatic carbocycles. The average molecular weight is 227 g/mol. The second-order valence-electron chi connectivity index (χ2n) is 6.25. The Morgan fingerprint density at radius 2 is 2.06 bits per heavy atom. The summed E-state index contributed by atoms with van der Waals surface area (Å²) in [6, 6.07) is 0. The van der Waals surface area contributed by atoms with E-state index in [2.05, 4.69) is 37.7 Å².